The van der Waals surface area contributed by atoms with Crippen LogP contribution in [0.3, 0.4) is 0 Å². The van der Waals surface area contributed by atoms with E-state index in [2.05, 4.69) is 10.6 Å². The molecule has 0 aliphatic heterocycles. The second kappa shape index (κ2) is 8.37. The zero-order chi connectivity index (χ0) is 15.0. The van der Waals surface area contributed by atoms with E-state index < -0.39 is 0 Å². The van der Waals surface area contributed by atoms with E-state index in [1.807, 2.05) is 13.8 Å². The van der Waals surface area contributed by atoms with Crippen molar-refractivity contribution in [1.29, 1.82) is 0 Å². The van der Waals surface area contributed by atoms with Gasteiger partial charge in [-0.05, 0) is 31.4 Å². The minimum absolute atomic E-state index is 0.0256. The molecule has 1 aromatic heterocycles. The monoisotopic (exact) mass is 282 g/mol. The molecule has 0 saturated carbocycles. The van der Waals surface area contributed by atoms with Gasteiger partial charge in [-0.2, -0.15) is 0 Å². The van der Waals surface area contributed by atoms with Crippen LogP contribution in [0, 0.1) is 5.92 Å². The van der Waals surface area contributed by atoms with Crippen molar-refractivity contribution in [2.24, 2.45) is 5.92 Å². The van der Waals surface area contributed by atoms with Gasteiger partial charge in [-0.3, -0.25) is 9.59 Å². The summed E-state index contributed by atoms with van der Waals surface area (Å²) in [5, 5.41) is 14.5. The van der Waals surface area contributed by atoms with E-state index in [1.54, 1.807) is 12.1 Å². The minimum atomic E-state index is -0.280. The topological polar surface area (TPSA) is 91.6 Å². The molecule has 0 aliphatic carbocycles. The van der Waals surface area contributed by atoms with Crippen LogP contribution in [0.2, 0.25) is 0 Å². The first-order valence-corrected chi connectivity index (χ1v) is 6.76. The number of aliphatic hydroxyl groups excluding tert-OH is 1. The van der Waals surface area contributed by atoms with Crippen molar-refractivity contribution in [3.8, 4) is 0 Å². The average Bonchev–Trinajstić information content (AvgIpc) is 2.96. The molecule has 0 fully saturated rings. The molecule has 2 amide bonds. The summed E-state index contributed by atoms with van der Waals surface area (Å²) < 4.78 is 4.95. The SMILES string of the molecule is CC(CO)C(C)NC(=O)CCCNC(=O)c1ccco1. The van der Waals surface area contributed by atoms with Gasteiger partial charge in [0.2, 0.25) is 5.91 Å². The van der Waals surface area contributed by atoms with Crippen LogP contribution >= 0.6 is 0 Å². The van der Waals surface area contributed by atoms with Crippen molar-refractivity contribution in [3.05, 3.63) is 24.2 Å². The predicted octanol–water partition coefficient (Wildman–Crippen LogP) is 0.923. The lowest BCUT2D eigenvalue weighted by molar-refractivity contribution is -0.122. The molecule has 6 nitrogen and oxygen atoms in total. The van der Waals surface area contributed by atoms with Crippen LogP contribution < -0.4 is 10.6 Å². The van der Waals surface area contributed by atoms with Gasteiger partial charge >= 0.3 is 0 Å². The number of nitrogens with one attached hydrogen (secondary N) is 2. The Bertz CT molecular complexity index is 417. The summed E-state index contributed by atoms with van der Waals surface area (Å²) in [6.07, 6.45) is 2.32. The molecule has 2 atom stereocenters. The maximum atomic E-state index is 11.6. The molecule has 0 spiro atoms. The summed E-state index contributed by atoms with van der Waals surface area (Å²) in [5.41, 5.74) is 0. The third kappa shape index (κ3) is 5.44. The van der Waals surface area contributed by atoms with Gasteiger partial charge in [0.25, 0.3) is 5.91 Å². The fourth-order valence-corrected chi connectivity index (χ4v) is 1.57. The molecule has 1 heterocycles. The quantitative estimate of drug-likeness (QED) is 0.618. The number of aliphatic hydroxyl groups is 1. The Morgan fingerprint density at radius 2 is 2.15 bits per heavy atom. The first-order valence-electron chi connectivity index (χ1n) is 6.76. The third-order valence-corrected chi connectivity index (χ3v) is 3.14. The van der Waals surface area contributed by atoms with Gasteiger partial charge in [-0.1, -0.05) is 6.92 Å². The standard InChI is InChI=1S/C14H22N2O4/c1-10(9-17)11(2)16-13(18)6-3-7-15-14(19)12-5-4-8-20-12/h4-5,8,10-11,17H,3,6-7,9H2,1-2H3,(H,15,19)(H,16,18). The summed E-state index contributed by atoms with van der Waals surface area (Å²) in [7, 11) is 0. The Balaban J connectivity index is 2.15. The summed E-state index contributed by atoms with van der Waals surface area (Å²) in [4.78, 5) is 23.1. The summed E-state index contributed by atoms with van der Waals surface area (Å²) in [5.74, 6) is -0.0693. The fourth-order valence-electron chi connectivity index (χ4n) is 1.57. The van der Waals surface area contributed by atoms with Crippen LogP contribution in [0.25, 0.3) is 0 Å². The number of hydrogen-bond donors (Lipinski definition) is 3. The van der Waals surface area contributed by atoms with Gasteiger partial charge in [-0.15, -0.1) is 0 Å². The molecule has 20 heavy (non-hydrogen) atoms. The van der Waals surface area contributed by atoms with E-state index in [4.69, 9.17) is 9.52 Å². The average molecular weight is 282 g/mol. The Morgan fingerprint density at radius 3 is 2.75 bits per heavy atom. The van der Waals surface area contributed by atoms with Crippen molar-refractivity contribution >= 4 is 11.8 Å². The van der Waals surface area contributed by atoms with Gasteiger partial charge in [0.15, 0.2) is 5.76 Å². The third-order valence-electron chi connectivity index (χ3n) is 3.14. The van der Waals surface area contributed by atoms with Gasteiger partial charge in [0.05, 0.1) is 6.26 Å². The maximum absolute atomic E-state index is 11.6. The van der Waals surface area contributed by atoms with E-state index in [-0.39, 0.29) is 36.1 Å². The Kier molecular flexibility index (Phi) is 6.79. The highest BCUT2D eigenvalue weighted by Gasteiger charge is 2.13. The second-order valence-electron chi connectivity index (χ2n) is 4.85. The lowest BCUT2D eigenvalue weighted by atomic mass is 10.1. The highest BCUT2D eigenvalue weighted by Crippen LogP contribution is 2.02. The molecular formula is C14H22N2O4. The molecule has 0 saturated heterocycles. The lowest BCUT2D eigenvalue weighted by Crippen LogP contribution is -2.38. The summed E-state index contributed by atoms with van der Waals surface area (Å²) in [6, 6.07) is 3.16. The second-order valence-corrected chi connectivity index (χ2v) is 4.85. The van der Waals surface area contributed by atoms with Gasteiger partial charge < -0.3 is 20.2 Å². The van der Waals surface area contributed by atoms with Gasteiger partial charge in [0, 0.05) is 25.6 Å². The van der Waals surface area contributed by atoms with Crippen LogP contribution in [0.5, 0.6) is 0 Å². The smallest absolute Gasteiger partial charge is 0.286 e. The van der Waals surface area contributed by atoms with E-state index in [0.29, 0.717) is 19.4 Å². The number of furan rings is 1. The summed E-state index contributed by atoms with van der Waals surface area (Å²) in [6.45, 7) is 4.18. The Morgan fingerprint density at radius 1 is 1.40 bits per heavy atom. The fraction of sp³-hybridized carbons (Fsp3) is 0.571. The molecule has 0 radical (unpaired) electrons. The first-order chi connectivity index (χ1) is 9.54. The normalized spacial score (nSPS) is 13.6. The van der Waals surface area contributed by atoms with E-state index in [9.17, 15) is 9.59 Å². The molecule has 2 unspecified atom stereocenters. The number of hydrogen-bond acceptors (Lipinski definition) is 4. The van der Waals surface area contributed by atoms with Crippen LogP contribution in [0.1, 0.15) is 37.2 Å². The zero-order valence-electron chi connectivity index (χ0n) is 11.9. The van der Waals surface area contributed by atoms with Crippen molar-refractivity contribution in [1.82, 2.24) is 10.6 Å². The molecule has 112 valence electrons. The van der Waals surface area contributed by atoms with Crippen LogP contribution in [-0.2, 0) is 4.79 Å². The highest BCUT2D eigenvalue weighted by molar-refractivity contribution is 5.91. The van der Waals surface area contributed by atoms with Crippen LogP contribution in [0.15, 0.2) is 22.8 Å². The Hall–Kier alpha value is -1.82. The largest absolute Gasteiger partial charge is 0.459 e. The number of rotatable bonds is 8. The highest BCUT2D eigenvalue weighted by atomic mass is 16.3. The molecule has 0 bridgehead atoms. The summed E-state index contributed by atoms with van der Waals surface area (Å²) >= 11 is 0. The number of carbonyl (C=O) groups excluding carboxylic acids is 2. The van der Waals surface area contributed by atoms with Crippen LogP contribution in [-0.4, -0.2) is 36.1 Å². The van der Waals surface area contributed by atoms with Gasteiger partial charge in [0.1, 0.15) is 0 Å². The van der Waals surface area contributed by atoms with Crippen LogP contribution in [0.4, 0.5) is 0 Å². The number of amides is 2. The first kappa shape index (κ1) is 16.2. The van der Waals surface area contributed by atoms with E-state index in [1.165, 1.54) is 6.26 Å². The molecular weight excluding hydrogens is 260 g/mol. The van der Waals surface area contributed by atoms with Crippen molar-refractivity contribution in [2.45, 2.75) is 32.7 Å². The molecule has 1 aromatic rings. The minimum Gasteiger partial charge on any atom is -0.459 e. The van der Waals surface area contributed by atoms with E-state index in [0.717, 1.165) is 0 Å². The van der Waals surface area contributed by atoms with Gasteiger partial charge in [-0.25, -0.2) is 0 Å². The zero-order valence-corrected chi connectivity index (χ0v) is 11.9. The maximum Gasteiger partial charge on any atom is 0.286 e. The molecule has 6 heteroatoms. The van der Waals surface area contributed by atoms with Crippen molar-refractivity contribution < 1.29 is 19.1 Å². The number of carbonyl (C=O) groups is 2. The Labute approximate surface area is 118 Å². The predicted molar refractivity (Wildman–Crippen MR) is 74.1 cm³/mol. The molecule has 1 rings (SSSR count). The lowest BCUT2D eigenvalue weighted by Gasteiger charge is -2.19. The van der Waals surface area contributed by atoms with Crippen molar-refractivity contribution in [3.63, 3.8) is 0 Å². The molecule has 0 aliphatic rings. The van der Waals surface area contributed by atoms with Crippen molar-refractivity contribution in [2.75, 3.05) is 13.2 Å². The van der Waals surface area contributed by atoms with E-state index >= 15 is 0 Å². The molecule has 3 N–H and O–H groups in total. The molecule has 0 aromatic carbocycles.